The monoisotopic (exact) mass is 589 g/mol. The van der Waals surface area contributed by atoms with Crippen molar-refractivity contribution in [2.24, 2.45) is 5.41 Å². The summed E-state index contributed by atoms with van der Waals surface area (Å²) in [6.45, 7) is 9.64. The summed E-state index contributed by atoms with van der Waals surface area (Å²) >= 11 is 1.58. The Morgan fingerprint density at radius 1 is 1.15 bits per heavy atom. The van der Waals surface area contributed by atoms with Crippen molar-refractivity contribution in [3.63, 3.8) is 0 Å². The Labute approximate surface area is 246 Å². The van der Waals surface area contributed by atoms with Gasteiger partial charge in [0.1, 0.15) is 12.1 Å². The molecular formula is C29H43N5O6S. The van der Waals surface area contributed by atoms with Crippen LogP contribution in [0.4, 0.5) is 4.79 Å². The highest BCUT2D eigenvalue weighted by molar-refractivity contribution is 7.13. The molecule has 3 rings (SSSR count). The van der Waals surface area contributed by atoms with Crippen molar-refractivity contribution in [2.45, 2.75) is 78.0 Å². The second-order valence-electron chi connectivity index (χ2n) is 11.4. The molecule has 1 aliphatic rings. The zero-order valence-corrected chi connectivity index (χ0v) is 25.7. The number of carbonyl (C=O) groups excluding carboxylic acids is 3. The molecule has 11 nitrogen and oxygen atoms in total. The summed E-state index contributed by atoms with van der Waals surface area (Å²) in [7, 11) is 3.03. The summed E-state index contributed by atoms with van der Waals surface area (Å²) in [6.07, 6.45) is -0.752. The number of thiazole rings is 1. The minimum absolute atomic E-state index is 0.00738. The molecule has 0 radical (unpaired) electrons. The van der Waals surface area contributed by atoms with E-state index in [1.165, 1.54) is 19.1 Å². The molecule has 1 aromatic carbocycles. The van der Waals surface area contributed by atoms with E-state index in [4.69, 9.17) is 9.47 Å². The van der Waals surface area contributed by atoms with Crippen LogP contribution in [0.5, 0.6) is 0 Å². The van der Waals surface area contributed by atoms with Crippen LogP contribution in [-0.4, -0.2) is 84.6 Å². The largest absolute Gasteiger partial charge is 0.391 e. The molecule has 12 heteroatoms. The first kappa shape index (κ1) is 32.5. The number of hydrogen-bond acceptors (Lipinski definition) is 8. The average Bonchev–Trinajstić information content (AvgIpc) is 3.54. The second kappa shape index (κ2) is 14.2. The number of aryl methyl sites for hydroxylation is 1. The third-order valence-corrected chi connectivity index (χ3v) is 8.20. The molecule has 41 heavy (non-hydrogen) atoms. The number of aliphatic hydroxyl groups is 1. The van der Waals surface area contributed by atoms with Gasteiger partial charge in [0.05, 0.1) is 28.2 Å². The van der Waals surface area contributed by atoms with Crippen molar-refractivity contribution in [1.82, 2.24) is 25.8 Å². The van der Waals surface area contributed by atoms with E-state index in [0.717, 1.165) is 21.7 Å². The van der Waals surface area contributed by atoms with Crippen LogP contribution < -0.4 is 16.0 Å². The Bertz CT molecular complexity index is 1180. The number of nitrogens with zero attached hydrogens (tertiary/aromatic N) is 2. The first-order chi connectivity index (χ1) is 19.3. The Kier molecular flexibility index (Phi) is 11.3. The van der Waals surface area contributed by atoms with Gasteiger partial charge in [0, 0.05) is 40.2 Å². The van der Waals surface area contributed by atoms with Crippen LogP contribution in [0.25, 0.3) is 10.4 Å². The van der Waals surface area contributed by atoms with Crippen molar-refractivity contribution in [1.29, 1.82) is 0 Å². The summed E-state index contributed by atoms with van der Waals surface area (Å²) in [4.78, 5) is 46.6. The lowest BCUT2D eigenvalue weighted by molar-refractivity contribution is -0.142. The van der Waals surface area contributed by atoms with Gasteiger partial charge in [-0.2, -0.15) is 0 Å². The van der Waals surface area contributed by atoms with E-state index in [1.54, 1.807) is 11.3 Å². The summed E-state index contributed by atoms with van der Waals surface area (Å²) < 4.78 is 10.3. The van der Waals surface area contributed by atoms with Crippen molar-refractivity contribution in [2.75, 3.05) is 27.3 Å². The number of urea groups is 1. The van der Waals surface area contributed by atoms with Gasteiger partial charge in [-0.3, -0.25) is 9.59 Å². The fourth-order valence-electron chi connectivity index (χ4n) is 4.83. The number of ether oxygens (including phenoxy) is 2. The van der Waals surface area contributed by atoms with E-state index in [2.05, 4.69) is 20.9 Å². The molecule has 0 saturated carbocycles. The third kappa shape index (κ3) is 8.48. The van der Waals surface area contributed by atoms with E-state index >= 15 is 0 Å². The lowest BCUT2D eigenvalue weighted by Gasteiger charge is -2.35. The molecule has 0 spiro atoms. The van der Waals surface area contributed by atoms with Crippen LogP contribution in [0.1, 0.15) is 57.8 Å². The number of rotatable bonds is 11. The van der Waals surface area contributed by atoms with Gasteiger partial charge in [-0.25, -0.2) is 9.78 Å². The maximum Gasteiger partial charge on any atom is 0.315 e. The molecule has 1 aliphatic heterocycles. The van der Waals surface area contributed by atoms with E-state index in [0.29, 0.717) is 6.42 Å². The SMILES string of the molecule is COC(CCNC(=O)NC(C(=O)N1CC(O)CC1C(=O)NC(C)c1ccc(-c2scnc2C)cc1)C(C)(C)C)OC. The molecule has 226 valence electrons. The van der Waals surface area contributed by atoms with E-state index < -0.39 is 41.8 Å². The van der Waals surface area contributed by atoms with E-state index in [1.807, 2.05) is 64.4 Å². The maximum atomic E-state index is 13.7. The number of aliphatic hydroxyl groups excluding tert-OH is 1. The predicted octanol–water partition coefficient (Wildman–Crippen LogP) is 2.98. The van der Waals surface area contributed by atoms with Crippen LogP contribution in [0.15, 0.2) is 29.8 Å². The van der Waals surface area contributed by atoms with Crippen molar-refractivity contribution in [3.8, 4) is 10.4 Å². The topological polar surface area (TPSA) is 142 Å². The molecule has 4 atom stereocenters. The number of amides is 4. The van der Waals surface area contributed by atoms with Gasteiger partial charge in [0.2, 0.25) is 11.8 Å². The van der Waals surface area contributed by atoms with E-state index in [-0.39, 0.29) is 31.5 Å². The van der Waals surface area contributed by atoms with Gasteiger partial charge in [0.15, 0.2) is 6.29 Å². The van der Waals surface area contributed by atoms with Crippen LogP contribution >= 0.6 is 11.3 Å². The molecule has 1 aromatic heterocycles. The lowest BCUT2D eigenvalue weighted by atomic mass is 9.85. The number of nitrogens with one attached hydrogen (secondary N) is 3. The van der Waals surface area contributed by atoms with Crippen LogP contribution in [-0.2, 0) is 19.1 Å². The molecule has 0 aliphatic carbocycles. The van der Waals surface area contributed by atoms with Crippen molar-refractivity contribution < 1.29 is 29.0 Å². The van der Waals surface area contributed by atoms with E-state index in [9.17, 15) is 19.5 Å². The third-order valence-electron chi connectivity index (χ3n) is 7.22. The van der Waals surface area contributed by atoms with Gasteiger partial charge in [-0.1, -0.05) is 45.0 Å². The molecule has 0 bridgehead atoms. The Hall–Kier alpha value is -3.06. The average molecular weight is 590 g/mol. The van der Waals surface area contributed by atoms with Crippen molar-refractivity contribution >= 4 is 29.2 Å². The smallest absolute Gasteiger partial charge is 0.315 e. The van der Waals surface area contributed by atoms with Gasteiger partial charge in [0.25, 0.3) is 0 Å². The maximum absolute atomic E-state index is 13.7. The molecule has 1 fully saturated rings. The van der Waals surface area contributed by atoms with Gasteiger partial charge >= 0.3 is 6.03 Å². The first-order valence-electron chi connectivity index (χ1n) is 13.7. The second-order valence-corrected chi connectivity index (χ2v) is 12.3. The molecule has 4 unspecified atom stereocenters. The highest BCUT2D eigenvalue weighted by Gasteiger charge is 2.44. The van der Waals surface area contributed by atoms with Gasteiger partial charge < -0.3 is 35.4 Å². The quantitative estimate of drug-likeness (QED) is 0.295. The number of benzene rings is 1. The summed E-state index contributed by atoms with van der Waals surface area (Å²) in [5, 5.41) is 18.9. The predicted molar refractivity (Wildman–Crippen MR) is 157 cm³/mol. The number of carbonyl (C=O) groups is 3. The highest BCUT2D eigenvalue weighted by atomic mass is 32.1. The number of hydrogen-bond donors (Lipinski definition) is 4. The fourth-order valence-corrected chi connectivity index (χ4v) is 5.64. The minimum Gasteiger partial charge on any atom is -0.391 e. The Morgan fingerprint density at radius 3 is 2.37 bits per heavy atom. The number of methoxy groups -OCH3 is 2. The van der Waals surface area contributed by atoms with Gasteiger partial charge in [-0.05, 0) is 30.4 Å². The molecular weight excluding hydrogens is 546 g/mol. The highest BCUT2D eigenvalue weighted by Crippen LogP contribution is 2.29. The molecule has 2 heterocycles. The Balaban J connectivity index is 1.66. The standard InChI is InChI=1S/C29H43N5O6S/c1-17(19-8-10-20(11-9-19)24-18(2)31-16-41-24)32-26(36)22-14-21(35)15-34(22)27(37)25(29(3,4)5)33-28(38)30-13-12-23(39-6)40-7/h8-11,16-17,21-23,25,35H,12-15H2,1-7H3,(H,32,36)(H2,30,33,38). The minimum atomic E-state index is -0.927. The number of β-amino-alcohol motifs (C(OH)–C–C–N with tert-alkyl or cyclic N) is 1. The number of likely N-dealkylation sites (tertiary alicyclic amines) is 1. The Morgan fingerprint density at radius 2 is 1.80 bits per heavy atom. The van der Waals surface area contributed by atoms with Crippen LogP contribution in [0.2, 0.25) is 0 Å². The molecule has 4 amide bonds. The summed E-state index contributed by atoms with van der Waals surface area (Å²) in [5.74, 6) is -0.778. The zero-order valence-electron chi connectivity index (χ0n) is 24.9. The first-order valence-corrected chi connectivity index (χ1v) is 14.6. The molecule has 4 N–H and O–H groups in total. The van der Waals surface area contributed by atoms with Crippen molar-refractivity contribution in [3.05, 3.63) is 41.0 Å². The molecule has 2 aromatic rings. The normalized spacial score (nSPS) is 18.7. The summed E-state index contributed by atoms with van der Waals surface area (Å²) in [5.41, 5.74) is 4.10. The fraction of sp³-hybridized carbons (Fsp3) is 0.586. The van der Waals surface area contributed by atoms with Crippen LogP contribution in [0, 0.1) is 12.3 Å². The van der Waals surface area contributed by atoms with Gasteiger partial charge in [-0.15, -0.1) is 11.3 Å². The lowest BCUT2D eigenvalue weighted by Crippen LogP contribution is -2.59. The number of aromatic nitrogens is 1. The summed E-state index contributed by atoms with van der Waals surface area (Å²) in [6, 6.07) is 5.31. The zero-order chi connectivity index (χ0) is 30.3. The van der Waals surface area contributed by atoms with Crippen LogP contribution in [0.3, 0.4) is 0 Å². The molecule has 1 saturated heterocycles.